The largest absolute Gasteiger partial charge is 0.418 e. The normalized spacial score (nSPS) is 11.5. The summed E-state index contributed by atoms with van der Waals surface area (Å²) in [5.74, 6) is -0.762. The number of carbonyl (C=O) groups excluding carboxylic acids is 1. The molecule has 0 aromatic heterocycles. The number of hydrogen-bond acceptors (Lipinski definition) is 5. The third-order valence-electron chi connectivity index (χ3n) is 3.31. The summed E-state index contributed by atoms with van der Waals surface area (Å²) in [6, 6.07) is 9.36. The molecule has 2 rings (SSSR count). The van der Waals surface area contributed by atoms with Gasteiger partial charge in [-0.25, -0.2) is 8.42 Å². The third kappa shape index (κ3) is 4.52. The predicted molar refractivity (Wildman–Crippen MR) is 86.8 cm³/mol. The van der Waals surface area contributed by atoms with Gasteiger partial charge in [-0.15, -0.1) is 0 Å². The molecule has 0 spiro atoms. The molecule has 10 heteroatoms. The van der Waals surface area contributed by atoms with Gasteiger partial charge in [0.05, 0.1) is 27.8 Å². The number of anilines is 1. The van der Waals surface area contributed by atoms with E-state index in [1.165, 1.54) is 30.3 Å². The van der Waals surface area contributed by atoms with E-state index >= 15 is 0 Å². The van der Waals surface area contributed by atoms with Crippen LogP contribution in [0, 0.1) is 11.3 Å². The summed E-state index contributed by atoms with van der Waals surface area (Å²) in [5.41, 5.74) is 2.60. The minimum absolute atomic E-state index is 0.00783. The van der Waals surface area contributed by atoms with E-state index in [1.807, 2.05) is 0 Å². The number of nitrogens with zero attached hydrogens (tertiary/aromatic N) is 1. The molecule has 0 saturated carbocycles. The van der Waals surface area contributed by atoms with Crippen LogP contribution in [0.4, 0.5) is 18.9 Å². The summed E-state index contributed by atoms with van der Waals surface area (Å²) in [4.78, 5) is 12.0. The topological polar surface area (TPSA) is 99.1 Å². The van der Waals surface area contributed by atoms with Gasteiger partial charge in [0.25, 0.3) is 5.91 Å². The highest BCUT2D eigenvalue weighted by atomic mass is 32.2. The van der Waals surface area contributed by atoms with E-state index in [2.05, 4.69) is 10.9 Å². The predicted octanol–water partition coefficient (Wildman–Crippen LogP) is 2.74. The Labute approximate surface area is 147 Å². The van der Waals surface area contributed by atoms with Crippen molar-refractivity contribution in [1.82, 2.24) is 5.43 Å². The first kappa shape index (κ1) is 19.3. The Morgan fingerprint density at radius 2 is 1.73 bits per heavy atom. The van der Waals surface area contributed by atoms with Crippen LogP contribution in [-0.2, 0) is 16.0 Å². The van der Waals surface area contributed by atoms with Gasteiger partial charge in [-0.1, -0.05) is 0 Å². The zero-order valence-electron chi connectivity index (χ0n) is 13.3. The van der Waals surface area contributed by atoms with Crippen molar-refractivity contribution in [2.45, 2.75) is 11.1 Å². The Bertz CT molecular complexity index is 979. The highest BCUT2D eigenvalue weighted by Gasteiger charge is 2.34. The lowest BCUT2D eigenvalue weighted by Crippen LogP contribution is -2.30. The van der Waals surface area contributed by atoms with Crippen LogP contribution in [0.3, 0.4) is 0 Å². The van der Waals surface area contributed by atoms with Gasteiger partial charge in [-0.05, 0) is 42.5 Å². The van der Waals surface area contributed by atoms with Gasteiger partial charge in [0.15, 0.2) is 9.84 Å². The van der Waals surface area contributed by atoms with Gasteiger partial charge in [0.1, 0.15) is 0 Å². The number of carbonyl (C=O) groups is 1. The first-order chi connectivity index (χ1) is 12.0. The maximum Gasteiger partial charge on any atom is 0.418 e. The lowest BCUT2D eigenvalue weighted by atomic mass is 10.1. The lowest BCUT2D eigenvalue weighted by molar-refractivity contribution is -0.137. The van der Waals surface area contributed by atoms with Crippen molar-refractivity contribution in [2.24, 2.45) is 0 Å². The number of rotatable bonds is 4. The number of sulfone groups is 1. The van der Waals surface area contributed by atoms with E-state index in [-0.39, 0.29) is 16.0 Å². The van der Waals surface area contributed by atoms with Crippen LogP contribution in [-0.4, -0.2) is 20.6 Å². The first-order valence-corrected chi connectivity index (χ1v) is 8.89. The first-order valence-electron chi connectivity index (χ1n) is 7.00. The summed E-state index contributed by atoms with van der Waals surface area (Å²) >= 11 is 0. The van der Waals surface area contributed by atoms with Crippen molar-refractivity contribution in [3.63, 3.8) is 0 Å². The number of halogens is 3. The smallest absolute Gasteiger partial charge is 0.298 e. The van der Waals surface area contributed by atoms with Crippen molar-refractivity contribution in [2.75, 3.05) is 11.7 Å². The molecule has 2 aromatic carbocycles. The van der Waals surface area contributed by atoms with Crippen LogP contribution in [0.25, 0.3) is 0 Å². The maximum absolute atomic E-state index is 13.0. The molecule has 6 nitrogen and oxygen atoms in total. The van der Waals surface area contributed by atoms with E-state index in [1.54, 1.807) is 6.07 Å². The average molecular weight is 383 g/mol. The Balaban J connectivity index is 2.19. The fraction of sp³-hybridized carbons (Fsp3) is 0.125. The van der Waals surface area contributed by atoms with E-state index in [9.17, 15) is 26.4 Å². The Morgan fingerprint density at radius 3 is 2.23 bits per heavy atom. The fourth-order valence-electron chi connectivity index (χ4n) is 2.01. The lowest BCUT2D eigenvalue weighted by Gasteiger charge is -2.15. The van der Waals surface area contributed by atoms with Crippen molar-refractivity contribution in [3.8, 4) is 6.07 Å². The molecular weight excluding hydrogens is 371 g/mol. The van der Waals surface area contributed by atoms with Crippen LogP contribution in [0.1, 0.15) is 21.5 Å². The van der Waals surface area contributed by atoms with E-state index < -0.39 is 33.2 Å². The molecule has 0 atom stereocenters. The monoisotopic (exact) mass is 383 g/mol. The van der Waals surface area contributed by atoms with E-state index in [0.717, 1.165) is 12.3 Å². The number of nitrogens with one attached hydrogen (secondary N) is 2. The van der Waals surface area contributed by atoms with Gasteiger partial charge >= 0.3 is 6.18 Å². The molecule has 0 heterocycles. The Morgan fingerprint density at radius 1 is 1.12 bits per heavy atom. The molecule has 26 heavy (non-hydrogen) atoms. The number of nitriles is 1. The van der Waals surface area contributed by atoms with Gasteiger partial charge in [0, 0.05) is 11.8 Å². The molecule has 0 saturated heterocycles. The zero-order valence-corrected chi connectivity index (χ0v) is 14.1. The van der Waals surface area contributed by atoms with Crippen molar-refractivity contribution in [1.29, 1.82) is 5.26 Å². The second kappa shape index (κ2) is 7.05. The number of alkyl halides is 3. The number of amides is 1. The highest BCUT2D eigenvalue weighted by molar-refractivity contribution is 7.90. The standard InChI is InChI=1S/C16H12F3N3O3S/c1-26(24,25)12-5-3-11(4-6-12)15(23)22-21-14-7-2-10(9-20)8-13(14)16(17,18)19/h2-8,21H,1H3,(H,22,23). The van der Waals surface area contributed by atoms with Crippen molar-refractivity contribution >= 4 is 21.4 Å². The van der Waals surface area contributed by atoms with Gasteiger partial charge < -0.3 is 0 Å². The molecule has 0 aliphatic rings. The van der Waals surface area contributed by atoms with Crippen LogP contribution >= 0.6 is 0 Å². The van der Waals surface area contributed by atoms with Gasteiger partial charge in [-0.2, -0.15) is 18.4 Å². The molecule has 0 fully saturated rings. The van der Waals surface area contributed by atoms with Crippen LogP contribution in [0.5, 0.6) is 0 Å². The Hall–Kier alpha value is -3.06. The number of hydrazine groups is 1. The molecule has 2 N–H and O–H groups in total. The van der Waals surface area contributed by atoms with E-state index in [4.69, 9.17) is 5.26 Å². The SMILES string of the molecule is CS(=O)(=O)c1ccc(C(=O)NNc2ccc(C#N)cc2C(F)(F)F)cc1. The summed E-state index contributed by atoms with van der Waals surface area (Å²) in [5, 5.41) is 8.71. The zero-order chi connectivity index (χ0) is 19.5. The summed E-state index contributed by atoms with van der Waals surface area (Å²) < 4.78 is 61.9. The molecular formula is C16H12F3N3O3S. The number of hydrogen-bond donors (Lipinski definition) is 2. The fourth-order valence-corrected chi connectivity index (χ4v) is 2.64. The third-order valence-corrected chi connectivity index (χ3v) is 4.44. The molecule has 0 aliphatic heterocycles. The average Bonchev–Trinajstić information content (AvgIpc) is 2.58. The van der Waals surface area contributed by atoms with Crippen molar-refractivity contribution in [3.05, 3.63) is 59.2 Å². The Kier molecular flexibility index (Phi) is 5.22. The maximum atomic E-state index is 13.0. The molecule has 0 radical (unpaired) electrons. The van der Waals surface area contributed by atoms with Crippen molar-refractivity contribution < 1.29 is 26.4 Å². The summed E-state index contributed by atoms with van der Waals surface area (Å²) in [7, 11) is -3.43. The van der Waals surface area contributed by atoms with Crippen LogP contribution in [0.15, 0.2) is 47.4 Å². The molecule has 136 valence electrons. The molecule has 0 unspecified atom stereocenters. The minimum Gasteiger partial charge on any atom is -0.298 e. The second-order valence-electron chi connectivity index (χ2n) is 5.25. The quantitative estimate of drug-likeness (QED) is 0.791. The highest BCUT2D eigenvalue weighted by Crippen LogP contribution is 2.35. The molecule has 0 aliphatic carbocycles. The van der Waals surface area contributed by atoms with E-state index in [0.29, 0.717) is 6.07 Å². The van der Waals surface area contributed by atoms with Crippen LogP contribution in [0.2, 0.25) is 0 Å². The van der Waals surface area contributed by atoms with Gasteiger partial charge in [-0.3, -0.25) is 15.6 Å². The summed E-state index contributed by atoms with van der Waals surface area (Å²) in [6.07, 6.45) is -3.72. The molecule has 2 aromatic rings. The molecule has 0 bridgehead atoms. The second-order valence-corrected chi connectivity index (χ2v) is 7.26. The summed E-state index contributed by atoms with van der Waals surface area (Å²) in [6.45, 7) is 0. The minimum atomic E-state index is -4.73. The number of benzene rings is 2. The molecule has 1 amide bonds. The van der Waals surface area contributed by atoms with Gasteiger partial charge in [0.2, 0.25) is 0 Å². The van der Waals surface area contributed by atoms with Crippen LogP contribution < -0.4 is 10.9 Å².